The number of rotatable bonds is 3. The van der Waals surface area contributed by atoms with Crippen molar-refractivity contribution in [3.8, 4) is 11.5 Å². The summed E-state index contributed by atoms with van der Waals surface area (Å²) in [6.07, 6.45) is 0. The lowest BCUT2D eigenvalue weighted by Crippen LogP contribution is -2.02. The zero-order valence-electron chi connectivity index (χ0n) is 10.0. The highest BCUT2D eigenvalue weighted by atomic mass is 79.9. The molecule has 0 unspecified atom stereocenters. The number of carbonyl (C=O) groups excluding carboxylic acids is 1. The van der Waals surface area contributed by atoms with E-state index in [2.05, 4.69) is 20.7 Å². The summed E-state index contributed by atoms with van der Waals surface area (Å²) in [4.78, 5) is 11.5. The van der Waals surface area contributed by atoms with Crippen LogP contribution in [0.25, 0.3) is 10.8 Å². The van der Waals surface area contributed by atoms with Crippen molar-refractivity contribution >= 4 is 44.4 Å². The predicted molar refractivity (Wildman–Crippen MR) is 77.7 cm³/mol. The third-order valence-corrected chi connectivity index (χ3v) is 4.08. The Morgan fingerprint density at radius 3 is 2.74 bits per heavy atom. The number of halogens is 1. The maximum Gasteiger partial charge on any atom is 0.315 e. The van der Waals surface area contributed by atoms with Crippen LogP contribution in [0.5, 0.6) is 11.5 Å². The van der Waals surface area contributed by atoms with Crippen LogP contribution < -0.4 is 0 Å². The summed E-state index contributed by atoms with van der Waals surface area (Å²) in [5.41, 5.74) is 0. The number of hydrogen-bond acceptors (Lipinski definition) is 5. The van der Waals surface area contributed by atoms with Gasteiger partial charge >= 0.3 is 5.97 Å². The largest absolute Gasteiger partial charge is 0.507 e. The van der Waals surface area contributed by atoms with E-state index in [1.165, 1.54) is 13.2 Å². The van der Waals surface area contributed by atoms with Gasteiger partial charge in [0.1, 0.15) is 11.5 Å². The number of ether oxygens (including phenoxy) is 1. The molecule has 0 aliphatic heterocycles. The van der Waals surface area contributed by atoms with Crippen molar-refractivity contribution < 1.29 is 19.7 Å². The Morgan fingerprint density at radius 2 is 2.05 bits per heavy atom. The van der Waals surface area contributed by atoms with Gasteiger partial charge in [0.05, 0.1) is 17.8 Å². The molecular weight excluding hydrogens is 332 g/mol. The normalized spacial score (nSPS) is 10.6. The van der Waals surface area contributed by atoms with Crippen LogP contribution >= 0.6 is 27.7 Å². The zero-order valence-corrected chi connectivity index (χ0v) is 12.4. The molecule has 0 atom stereocenters. The lowest BCUT2D eigenvalue weighted by atomic mass is 10.1. The van der Waals surface area contributed by atoms with E-state index in [-0.39, 0.29) is 17.3 Å². The van der Waals surface area contributed by atoms with Crippen molar-refractivity contribution in [2.45, 2.75) is 4.90 Å². The number of methoxy groups -OCH3 is 1. The van der Waals surface area contributed by atoms with Crippen LogP contribution in [0.15, 0.2) is 33.6 Å². The van der Waals surface area contributed by atoms with Gasteiger partial charge in [-0.25, -0.2) is 0 Å². The third kappa shape index (κ3) is 2.96. The maximum atomic E-state index is 11.1. The highest BCUT2D eigenvalue weighted by Crippen LogP contribution is 2.41. The van der Waals surface area contributed by atoms with E-state index in [0.29, 0.717) is 15.7 Å². The molecule has 0 aliphatic carbocycles. The smallest absolute Gasteiger partial charge is 0.315 e. The molecule has 4 nitrogen and oxygen atoms in total. The van der Waals surface area contributed by atoms with Crippen LogP contribution in [-0.2, 0) is 9.53 Å². The molecule has 0 aromatic heterocycles. The average molecular weight is 343 g/mol. The van der Waals surface area contributed by atoms with E-state index in [4.69, 9.17) is 0 Å². The standard InChI is InChI=1S/C13H11BrO4S/c1-18-12(16)6-19-11-5-10(15)8-3-2-7(14)4-9(8)13(11)17/h2-5,15,17H,6H2,1H3. The fourth-order valence-electron chi connectivity index (χ4n) is 1.64. The van der Waals surface area contributed by atoms with Gasteiger partial charge in [0, 0.05) is 15.2 Å². The van der Waals surface area contributed by atoms with Crippen LogP contribution in [0.1, 0.15) is 0 Å². The molecule has 0 heterocycles. The van der Waals surface area contributed by atoms with Gasteiger partial charge < -0.3 is 14.9 Å². The first-order valence-corrected chi connectivity index (χ1v) is 7.14. The lowest BCUT2D eigenvalue weighted by Gasteiger charge is -2.09. The van der Waals surface area contributed by atoms with Gasteiger partial charge in [-0.1, -0.05) is 15.9 Å². The second-order valence-electron chi connectivity index (χ2n) is 3.80. The summed E-state index contributed by atoms with van der Waals surface area (Å²) >= 11 is 4.43. The number of benzene rings is 2. The molecule has 0 saturated heterocycles. The second-order valence-corrected chi connectivity index (χ2v) is 5.73. The zero-order chi connectivity index (χ0) is 14.0. The van der Waals surface area contributed by atoms with Crippen molar-refractivity contribution in [3.05, 3.63) is 28.7 Å². The van der Waals surface area contributed by atoms with Crippen molar-refractivity contribution in [2.24, 2.45) is 0 Å². The Morgan fingerprint density at radius 1 is 1.32 bits per heavy atom. The van der Waals surface area contributed by atoms with Gasteiger partial charge in [-0.2, -0.15) is 0 Å². The summed E-state index contributed by atoms with van der Waals surface area (Å²) in [6.45, 7) is 0. The molecule has 19 heavy (non-hydrogen) atoms. The Balaban J connectivity index is 2.45. The highest BCUT2D eigenvalue weighted by molar-refractivity contribution is 9.10. The van der Waals surface area contributed by atoms with Crippen LogP contribution in [0.4, 0.5) is 0 Å². The summed E-state index contributed by atoms with van der Waals surface area (Å²) in [5, 5.41) is 21.2. The maximum absolute atomic E-state index is 11.1. The van der Waals surface area contributed by atoms with Crippen LogP contribution in [0, 0.1) is 0 Å². The van der Waals surface area contributed by atoms with E-state index in [1.54, 1.807) is 18.2 Å². The molecule has 0 aliphatic rings. The Hall–Kier alpha value is -1.40. The molecule has 2 N–H and O–H groups in total. The molecule has 0 bridgehead atoms. The number of fused-ring (bicyclic) bond motifs is 1. The fourth-order valence-corrected chi connectivity index (χ4v) is 2.84. The Bertz CT molecular complexity index is 642. The van der Waals surface area contributed by atoms with E-state index >= 15 is 0 Å². The van der Waals surface area contributed by atoms with E-state index < -0.39 is 5.97 Å². The first-order valence-electron chi connectivity index (χ1n) is 5.36. The SMILES string of the molecule is COC(=O)CSc1cc(O)c2ccc(Br)cc2c1O. The molecule has 0 amide bonds. The Labute approximate surface area is 122 Å². The number of phenolic OH excluding ortho intramolecular Hbond substituents is 2. The van der Waals surface area contributed by atoms with Gasteiger partial charge in [-0.05, 0) is 24.3 Å². The van der Waals surface area contributed by atoms with Gasteiger partial charge in [-0.3, -0.25) is 4.79 Å². The minimum atomic E-state index is -0.391. The molecule has 0 spiro atoms. The molecule has 2 aromatic rings. The van der Waals surface area contributed by atoms with E-state index in [9.17, 15) is 15.0 Å². The van der Waals surface area contributed by atoms with E-state index in [1.807, 2.05) is 0 Å². The number of esters is 1. The van der Waals surface area contributed by atoms with Gasteiger partial charge in [-0.15, -0.1) is 11.8 Å². The lowest BCUT2D eigenvalue weighted by molar-refractivity contribution is -0.137. The number of thioether (sulfide) groups is 1. The first kappa shape index (κ1) is 14.0. The second kappa shape index (κ2) is 5.71. The average Bonchev–Trinajstić information content (AvgIpc) is 2.40. The van der Waals surface area contributed by atoms with Gasteiger partial charge in [0.2, 0.25) is 0 Å². The van der Waals surface area contributed by atoms with Crippen molar-refractivity contribution in [2.75, 3.05) is 12.9 Å². The number of carbonyl (C=O) groups is 1. The van der Waals surface area contributed by atoms with Crippen LogP contribution in [0.2, 0.25) is 0 Å². The molecular formula is C13H11BrO4S. The summed E-state index contributed by atoms with van der Waals surface area (Å²) in [7, 11) is 1.30. The summed E-state index contributed by atoms with van der Waals surface area (Å²) in [6, 6.07) is 6.65. The minimum Gasteiger partial charge on any atom is -0.507 e. The van der Waals surface area contributed by atoms with Crippen LogP contribution in [-0.4, -0.2) is 29.0 Å². The molecule has 100 valence electrons. The number of hydrogen-bond donors (Lipinski definition) is 2. The van der Waals surface area contributed by atoms with Crippen molar-refractivity contribution in [1.29, 1.82) is 0 Å². The third-order valence-electron chi connectivity index (χ3n) is 2.59. The summed E-state index contributed by atoms with van der Waals surface area (Å²) in [5.74, 6) is -0.211. The fraction of sp³-hybridized carbons (Fsp3) is 0.154. The summed E-state index contributed by atoms with van der Waals surface area (Å²) < 4.78 is 5.33. The molecule has 0 saturated carbocycles. The first-order chi connectivity index (χ1) is 9.02. The minimum absolute atomic E-state index is 0.0444. The molecule has 6 heteroatoms. The molecule has 2 aromatic carbocycles. The number of phenols is 2. The van der Waals surface area contributed by atoms with Crippen molar-refractivity contribution in [3.63, 3.8) is 0 Å². The molecule has 0 radical (unpaired) electrons. The van der Waals surface area contributed by atoms with Crippen LogP contribution in [0.3, 0.4) is 0 Å². The quantitative estimate of drug-likeness (QED) is 0.509. The van der Waals surface area contributed by atoms with Gasteiger partial charge in [0.25, 0.3) is 0 Å². The monoisotopic (exact) mass is 342 g/mol. The molecule has 0 fully saturated rings. The highest BCUT2D eigenvalue weighted by Gasteiger charge is 2.13. The predicted octanol–water partition coefficient (Wildman–Crippen LogP) is 3.28. The van der Waals surface area contributed by atoms with Crippen molar-refractivity contribution in [1.82, 2.24) is 0 Å². The molecule has 2 rings (SSSR count). The number of aromatic hydroxyl groups is 2. The topological polar surface area (TPSA) is 66.8 Å². The van der Waals surface area contributed by atoms with Gasteiger partial charge in [0.15, 0.2) is 0 Å². The Kier molecular flexibility index (Phi) is 4.21. The van der Waals surface area contributed by atoms with E-state index in [0.717, 1.165) is 16.2 Å².